The molecule has 0 fully saturated rings. The van der Waals surface area contributed by atoms with Gasteiger partial charge in [0, 0.05) is 29.9 Å². The number of ether oxygens (including phenoxy) is 3. The van der Waals surface area contributed by atoms with Gasteiger partial charge in [0.05, 0.1) is 12.7 Å². The van der Waals surface area contributed by atoms with E-state index in [1.54, 1.807) is 48.5 Å². The number of ketones is 1. The first-order chi connectivity index (χ1) is 17.2. The maximum absolute atomic E-state index is 12.6. The predicted molar refractivity (Wildman–Crippen MR) is 134 cm³/mol. The first-order valence-electron chi connectivity index (χ1n) is 11.0. The van der Waals surface area contributed by atoms with E-state index in [1.165, 1.54) is 45.2 Å². The molecule has 1 atom stereocenters. The van der Waals surface area contributed by atoms with Crippen LogP contribution in [0.2, 0.25) is 0 Å². The average Bonchev–Trinajstić information content (AvgIpc) is 2.87. The van der Waals surface area contributed by atoms with Crippen molar-refractivity contribution in [3.63, 3.8) is 0 Å². The van der Waals surface area contributed by atoms with Crippen LogP contribution in [0.5, 0.6) is 11.5 Å². The number of benzene rings is 3. The molecule has 3 rings (SSSR count). The van der Waals surface area contributed by atoms with E-state index < -0.39 is 12.1 Å². The van der Waals surface area contributed by atoms with Crippen molar-refractivity contribution in [2.75, 3.05) is 24.4 Å². The van der Waals surface area contributed by atoms with Crippen LogP contribution in [0.4, 0.5) is 11.4 Å². The van der Waals surface area contributed by atoms with E-state index in [1.807, 2.05) is 0 Å². The van der Waals surface area contributed by atoms with E-state index in [0.29, 0.717) is 28.4 Å². The highest BCUT2D eigenvalue weighted by molar-refractivity contribution is 6.02. The molecule has 0 saturated heterocycles. The topological polar surface area (TPSA) is 120 Å². The Kier molecular flexibility index (Phi) is 8.77. The summed E-state index contributed by atoms with van der Waals surface area (Å²) in [7, 11) is 1.54. The molecular formula is C27H26N2O7. The maximum Gasteiger partial charge on any atom is 0.338 e. The Hall–Kier alpha value is -4.66. The number of nitrogens with one attached hydrogen (secondary N) is 2. The minimum atomic E-state index is -1.01. The summed E-state index contributed by atoms with van der Waals surface area (Å²) in [5.74, 6) is -0.621. The van der Waals surface area contributed by atoms with Crippen LogP contribution in [0.1, 0.15) is 34.6 Å². The fourth-order valence-electron chi connectivity index (χ4n) is 3.17. The Morgan fingerprint density at radius 1 is 0.806 bits per heavy atom. The van der Waals surface area contributed by atoms with Crippen molar-refractivity contribution >= 4 is 34.9 Å². The van der Waals surface area contributed by atoms with Gasteiger partial charge in [-0.2, -0.15) is 0 Å². The fraction of sp³-hybridized carbons (Fsp3) is 0.185. The first kappa shape index (κ1) is 26.0. The maximum atomic E-state index is 12.6. The lowest BCUT2D eigenvalue weighted by molar-refractivity contribution is -0.118. The van der Waals surface area contributed by atoms with Gasteiger partial charge in [0.15, 0.2) is 12.7 Å². The summed E-state index contributed by atoms with van der Waals surface area (Å²) in [4.78, 5) is 48.3. The van der Waals surface area contributed by atoms with Crippen LogP contribution in [0.3, 0.4) is 0 Å². The standard InChI is InChI=1S/C27H26N2O7/c1-17(26(32)19-7-11-21(12-8-19)28-18(2)30)36-27(33)20-9-13-23(14-10-20)35-16-25(31)29-22-5-4-6-24(15-22)34-3/h4-15,17H,16H2,1-3H3,(H,28,30)(H,29,31). The van der Waals surface area contributed by atoms with Crippen LogP contribution in [0.15, 0.2) is 72.8 Å². The van der Waals surface area contributed by atoms with Gasteiger partial charge in [-0.15, -0.1) is 0 Å². The Morgan fingerprint density at radius 2 is 1.47 bits per heavy atom. The second-order valence-corrected chi connectivity index (χ2v) is 7.76. The smallest absolute Gasteiger partial charge is 0.338 e. The molecule has 0 bridgehead atoms. The van der Waals surface area contributed by atoms with E-state index in [4.69, 9.17) is 14.2 Å². The van der Waals surface area contributed by atoms with Crippen LogP contribution < -0.4 is 20.1 Å². The average molecular weight is 491 g/mol. The predicted octanol–water partition coefficient (Wildman–Crippen LogP) is 4.10. The van der Waals surface area contributed by atoms with E-state index in [0.717, 1.165) is 0 Å². The lowest BCUT2D eigenvalue weighted by atomic mass is 10.1. The summed E-state index contributed by atoms with van der Waals surface area (Å²) < 4.78 is 15.9. The third kappa shape index (κ3) is 7.42. The Morgan fingerprint density at radius 3 is 2.11 bits per heavy atom. The number of amides is 2. The molecule has 0 heterocycles. The SMILES string of the molecule is COc1cccc(NC(=O)COc2ccc(C(=O)OC(C)C(=O)c3ccc(NC(C)=O)cc3)cc2)c1. The van der Waals surface area contributed by atoms with Crippen molar-refractivity contribution in [1.29, 1.82) is 0 Å². The van der Waals surface area contributed by atoms with Crippen LogP contribution in [-0.4, -0.2) is 43.4 Å². The molecule has 0 saturated carbocycles. The van der Waals surface area contributed by atoms with Gasteiger partial charge >= 0.3 is 5.97 Å². The molecule has 0 radical (unpaired) electrons. The third-order valence-electron chi connectivity index (χ3n) is 4.96. The van der Waals surface area contributed by atoms with Crippen LogP contribution in [0, 0.1) is 0 Å². The number of methoxy groups -OCH3 is 1. The second kappa shape index (κ2) is 12.2. The molecule has 2 amide bonds. The van der Waals surface area contributed by atoms with Crippen LogP contribution >= 0.6 is 0 Å². The van der Waals surface area contributed by atoms with Gasteiger partial charge in [-0.3, -0.25) is 14.4 Å². The lowest BCUT2D eigenvalue weighted by Gasteiger charge is -2.13. The van der Waals surface area contributed by atoms with Gasteiger partial charge in [-0.05, 0) is 67.6 Å². The number of anilines is 2. The van der Waals surface area contributed by atoms with Gasteiger partial charge in [-0.1, -0.05) is 6.07 Å². The summed E-state index contributed by atoms with van der Waals surface area (Å²) in [5.41, 5.74) is 1.71. The first-order valence-corrected chi connectivity index (χ1v) is 11.0. The number of carbonyl (C=O) groups is 4. The molecule has 9 nitrogen and oxygen atoms in total. The lowest BCUT2D eigenvalue weighted by Crippen LogP contribution is -2.24. The van der Waals surface area contributed by atoms with Crippen molar-refractivity contribution in [1.82, 2.24) is 0 Å². The van der Waals surface area contributed by atoms with Gasteiger partial charge in [0.2, 0.25) is 11.7 Å². The zero-order valence-electron chi connectivity index (χ0n) is 20.1. The third-order valence-corrected chi connectivity index (χ3v) is 4.96. The number of hydrogen-bond acceptors (Lipinski definition) is 7. The van der Waals surface area contributed by atoms with Gasteiger partial charge in [0.1, 0.15) is 11.5 Å². The zero-order valence-corrected chi connectivity index (χ0v) is 20.1. The normalized spacial score (nSPS) is 11.1. The zero-order chi connectivity index (χ0) is 26.1. The summed E-state index contributed by atoms with van der Waals surface area (Å²) in [6.07, 6.45) is -1.01. The molecule has 186 valence electrons. The number of Topliss-reactive ketones (excluding diaryl/α,β-unsaturated/α-hetero) is 1. The van der Waals surface area contributed by atoms with Crippen molar-refractivity contribution in [3.8, 4) is 11.5 Å². The molecule has 3 aromatic carbocycles. The molecule has 0 aliphatic rings. The fourth-order valence-corrected chi connectivity index (χ4v) is 3.17. The molecule has 0 aliphatic carbocycles. The highest BCUT2D eigenvalue weighted by Crippen LogP contribution is 2.18. The summed E-state index contributed by atoms with van der Waals surface area (Å²) in [5, 5.41) is 5.32. The largest absolute Gasteiger partial charge is 0.497 e. The summed E-state index contributed by atoms with van der Waals surface area (Å²) in [6, 6.07) is 19.3. The minimum absolute atomic E-state index is 0.218. The van der Waals surface area contributed by atoms with Crippen molar-refractivity contribution in [2.45, 2.75) is 20.0 Å². The highest BCUT2D eigenvalue weighted by atomic mass is 16.5. The van der Waals surface area contributed by atoms with Gasteiger partial charge in [-0.25, -0.2) is 4.79 Å². The quantitative estimate of drug-likeness (QED) is 0.324. The Bertz CT molecular complexity index is 1240. The molecule has 3 aromatic rings. The summed E-state index contributed by atoms with van der Waals surface area (Å²) in [6.45, 7) is 2.65. The Balaban J connectivity index is 1.50. The molecule has 0 spiro atoms. The van der Waals surface area contributed by atoms with E-state index in [2.05, 4.69) is 10.6 Å². The molecule has 36 heavy (non-hydrogen) atoms. The Labute approximate surface area is 208 Å². The van der Waals surface area contributed by atoms with E-state index in [-0.39, 0.29) is 29.8 Å². The second-order valence-electron chi connectivity index (χ2n) is 7.76. The van der Waals surface area contributed by atoms with Gasteiger partial charge < -0.3 is 24.8 Å². The minimum Gasteiger partial charge on any atom is -0.497 e. The van der Waals surface area contributed by atoms with Gasteiger partial charge in [0.25, 0.3) is 5.91 Å². The molecule has 0 aliphatic heterocycles. The van der Waals surface area contributed by atoms with E-state index in [9.17, 15) is 19.2 Å². The monoisotopic (exact) mass is 490 g/mol. The van der Waals surface area contributed by atoms with Crippen molar-refractivity contribution < 1.29 is 33.4 Å². The number of esters is 1. The number of hydrogen-bond donors (Lipinski definition) is 2. The molecular weight excluding hydrogens is 464 g/mol. The summed E-state index contributed by atoms with van der Waals surface area (Å²) >= 11 is 0. The van der Waals surface area contributed by atoms with Crippen LogP contribution in [0.25, 0.3) is 0 Å². The molecule has 0 aromatic heterocycles. The van der Waals surface area contributed by atoms with E-state index >= 15 is 0 Å². The molecule has 9 heteroatoms. The van der Waals surface area contributed by atoms with Crippen molar-refractivity contribution in [2.24, 2.45) is 0 Å². The molecule has 1 unspecified atom stereocenters. The number of carbonyl (C=O) groups excluding carboxylic acids is 4. The van der Waals surface area contributed by atoms with Crippen molar-refractivity contribution in [3.05, 3.63) is 83.9 Å². The highest BCUT2D eigenvalue weighted by Gasteiger charge is 2.20. The molecule has 2 N–H and O–H groups in total. The number of rotatable bonds is 10. The van der Waals surface area contributed by atoms with Crippen LogP contribution in [-0.2, 0) is 14.3 Å².